The number of alkyl halides is 3. The first-order valence-electron chi connectivity index (χ1n) is 4.74. The van der Waals surface area contributed by atoms with Gasteiger partial charge in [-0.15, -0.1) is 0 Å². The standard InChI is InChI=1S/C10H8BrF3N2O/c11-7-1-2-8-6(3-7)4-15-16(8)5-9(17)10(12,13)14/h1-4,9,17H,5H2/t9-/m1/s1. The zero-order chi connectivity index (χ0) is 12.6. The Kier molecular flexibility index (Phi) is 3.13. The lowest BCUT2D eigenvalue weighted by molar-refractivity contribution is -0.207. The second kappa shape index (κ2) is 4.30. The lowest BCUT2D eigenvalue weighted by atomic mass is 10.2. The highest BCUT2D eigenvalue weighted by Gasteiger charge is 2.38. The number of aromatic nitrogens is 2. The first kappa shape index (κ1) is 12.4. The van der Waals surface area contributed by atoms with Crippen LogP contribution in [-0.4, -0.2) is 27.2 Å². The van der Waals surface area contributed by atoms with Gasteiger partial charge < -0.3 is 5.11 Å². The molecule has 1 N–H and O–H groups in total. The Balaban J connectivity index is 2.31. The topological polar surface area (TPSA) is 38.0 Å². The minimum Gasteiger partial charge on any atom is -0.382 e. The van der Waals surface area contributed by atoms with Crippen LogP contribution in [0.3, 0.4) is 0 Å². The van der Waals surface area contributed by atoms with Gasteiger partial charge in [-0.05, 0) is 18.2 Å². The third kappa shape index (κ3) is 2.61. The largest absolute Gasteiger partial charge is 0.416 e. The van der Waals surface area contributed by atoms with E-state index >= 15 is 0 Å². The molecule has 0 amide bonds. The summed E-state index contributed by atoms with van der Waals surface area (Å²) in [5.41, 5.74) is 0.552. The van der Waals surface area contributed by atoms with E-state index in [9.17, 15) is 13.2 Å². The Labute approximate surface area is 103 Å². The van der Waals surface area contributed by atoms with Crippen LogP contribution in [-0.2, 0) is 6.54 Å². The van der Waals surface area contributed by atoms with E-state index < -0.39 is 18.8 Å². The van der Waals surface area contributed by atoms with E-state index in [0.29, 0.717) is 10.9 Å². The van der Waals surface area contributed by atoms with Crippen molar-refractivity contribution in [3.63, 3.8) is 0 Å². The van der Waals surface area contributed by atoms with Gasteiger partial charge in [0.15, 0.2) is 6.10 Å². The van der Waals surface area contributed by atoms with Gasteiger partial charge in [-0.2, -0.15) is 18.3 Å². The molecule has 0 radical (unpaired) electrons. The fraction of sp³-hybridized carbons (Fsp3) is 0.300. The normalized spacial score (nSPS) is 14.2. The third-order valence-corrected chi connectivity index (χ3v) is 2.82. The SMILES string of the molecule is O[C@H](Cn1ncc2cc(Br)ccc21)C(F)(F)F. The Morgan fingerprint density at radius 1 is 1.41 bits per heavy atom. The fourth-order valence-corrected chi connectivity index (χ4v) is 1.85. The molecule has 0 spiro atoms. The maximum atomic E-state index is 12.2. The number of rotatable bonds is 2. The van der Waals surface area contributed by atoms with Crippen LogP contribution >= 0.6 is 15.9 Å². The summed E-state index contributed by atoms with van der Waals surface area (Å²) < 4.78 is 38.6. The molecule has 0 fully saturated rings. The molecule has 7 heteroatoms. The van der Waals surface area contributed by atoms with Crippen LogP contribution < -0.4 is 0 Å². The van der Waals surface area contributed by atoms with Crippen LogP contribution in [0.5, 0.6) is 0 Å². The fourth-order valence-electron chi connectivity index (χ4n) is 1.47. The molecule has 3 nitrogen and oxygen atoms in total. The molecule has 0 unspecified atom stereocenters. The number of aliphatic hydroxyl groups excluding tert-OH is 1. The summed E-state index contributed by atoms with van der Waals surface area (Å²) in [5.74, 6) is 0. The van der Waals surface area contributed by atoms with Crippen molar-refractivity contribution in [1.29, 1.82) is 0 Å². The van der Waals surface area contributed by atoms with Crippen molar-refractivity contribution < 1.29 is 18.3 Å². The van der Waals surface area contributed by atoms with Crippen LogP contribution in [0.15, 0.2) is 28.9 Å². The summed E-state index contributed by atoms with van der Waals surface area (Å²) in [6, 6.07) is 5.11. The summed E-state index contributed by atoms with van der Waals surface area (Å²) in [4.78, 5) is 0. The Morgan fingerprint density at radius 2 is 2.12 bits per heavy atom. The molecule has 17 heavy (non-hydrogen) atoms. The van der Waals surface area contributed by atoms with Crippen LogP contribution in [0.1, 0.15) is 0 Å². The van der Waals surface area contributed by atoms with Crippen LogP contribution in [0.2, 0.25) is 0 Å². The first-order chi connectivity index (χ1) is 7.88. The molecule has 1 heterocycles. The van der Waals surface area contributed by atoms with Gasteiger partial charge in [0.2, 0.25) is 0 Å². The minimum absolute atomic E-state index is 0.552. The quantitative estimate of drug-likeness (QED) is 0.926. The summed E-state index contributed by atoms with van der Waals surface area (Å²) in [5, 5.41) is 13.5. The van der Waals surface area contributed by atoms with Gasteiger partial charge in [-0.1, -0.05) is 15.9 Å². The van der Waals surface area contributed by atoms with E-state index in [1.165, 1.54) is 6.20 Å². The van der Waals surface area contributed by atoms with Crippen molar-refractivity contribution in [2.45, 2.75) is 18.8 Å². The predicted octanol–water partition coefficient (Wildman–Crippen LogP) is 2.72. The van der Waals surface area contributed by atoms with E-state index in [-0.39, 0.29) is 0 Å². The number of benzene rings is 1. The third-order valence-electron chi connectivity index (χ3n) is 2.33. The molecular formula is C10H8BrF3N2O. The highest BCUT2D eigenvalue weighted by molar-refractivity contribution is 9.10. The van der Waals surface area contributed by atoms with Crippen molar-refractivity contribution in [2.75, 3.05) is 0 Å². The van der Waals surface area contributed by atoms with Crippen molar-refractivity contribution >= 4 is 26.8 Å². The Hall–Kier alpha value is -1.08. The Morgan fingerprint density at radius 3 is 2.76 bits per heavy atom. The molecule has 1 aromatic heterocycles. The van der Waals surface area contributed by atoms with E-state index in [1.54, 1.807) is 18.2 Å². The lowest BCUT2D eigenvalue weighted by Gasteiger charge is -2.14. The minimum atomic E-state index is -4.63. The molecule has 92 valence electrons. The van der Waals surface area contributed by atoms with E-state index in [4.69, 9.17) is 5.11 Å². The van der Waals surface area contributed by atoms with E-state index in [1.807, 2.05) is 0 Å². The number of fused-ring (bicyclic) bond motifs is 1. The van der Waals surface area contributed by atoms with Crippen molar-refractivity contribution in [2.24, 2.45) is 0 Å². The molecule has 0 aliphatic carbocycles. The molecule has 0 aliphatic heterocycles. The predicted molar refractivity (Wildman–Crippen MR) is 59.5 cm³/mol. The molecule has 0 aliphatic rings. The summed E-state index contributed by atoms with van der Waals surface area (Å²) in [6.45, 7) is -0.603. The maximum absolute atomic E-state index is 12.2. The van der Waals surface area contributed by atoms with Gasteiger partial charge in [-0.25, -0.2) is 0 Å². The number of hydrogen-bond donors (Lipinski definition) is 1. The second-order valence-corrected chi connectivity index (χ2v) is 4.50. The van der Waals surface area contributed by atoms with Crippen LogP contribution in [0.4, 0.5) is 13.2 Å². The zero-order valence-electron chi connectivity index (χ0n) is 8.45. The van der Waals surface area contributed by atoms with Crippen LogP contribution in [0, 0.1) is 0 Å². The van der Waals surface area contributed by atoms with Gasteiger partial charge in [-0.3, -0.25) is 4.68 Å². The maximum Gasteiger partial charge on any atom is 0.416 e. The number of nitrogens with zero attached hydrogens (tertiary/aromatic N) is 2. The van der Waals surface area contributed by atoms with Gasteiger partial charge in [0.1, 0.15) is 0 Å². The van der Waals surface area contributed by atoms with Crippen molar-refractivity contribution in [1.82, 2.24) is 9.78 Å². The highest BCUT2D eigenvalue weighted by Crippen LogP contribution is 2.24. The molecule has 0 saturated heterocycles. The lowest BCUT2D eigenvalue weighted by Crippen LogP contribution is -2.33. The average molecular weight is 309 g/mol. The van der Waals surface area contributed by atoms with Crippen LogP contribution in [0.25, 0.3) is 10.9 Å². The molecule has 1 aromatic carbocycles. The number of aliphatic hydroxyl groups is 1. The van der Waals surface area contributed by atoms with E-state index in [2.05, 4.69) is 21.0 Å². The number of hydrogen-bond acceptors (Lipinski definition) is 2. The highest BCUT2D eigenvalue weighted by atomic mass is 79.9. The smallest absolute Gasteiger partial charge is 0.382 e. The van der Waals surface area contributed by atoms with Gasteiger partial charge in [0.25, 0.3) is 0 Å². The summed E-state index contributed by atoms with van der Waals surface area (Å²) >= 11 is 3.26. The molecule has 2 rings (SSSR count). The summed E-state index contributed by atoms with van der Waals surface area (Å²) in [7, 11) is 0. The van der Waals surface area contributed by atoms with Gasteiger partial charge in [0, 0.05) is 9.86 Å². The van der Waals surface area contributed by atoms with E-state index in [0.717, 1.165) is 9.15 Å². The molecule has 1 atom stereocenters. The second-order valence-electron chi connectivity index (χ2n) is 3.59. The molecular weight excluding hydrogens is 301 g/mol. The van der Waals surface area contributed by atoms with Gasteiger partial charge >= 0.3 is 6.18 Å². The average Bonchev–Trinajstić information content (AvgIpc) is 2.59. The van der Waals surface area contributed by atoms with Crippen molar-refractivity contribution in [3.05, 3.63) is 28.9 Å². The molecule has 2 aromatic rings. The Bertz CT molecular complexity index is 538. The number of halogens is 4. The molecule has 0 bridgehead atoms. The molecule has 0 saturated carbocycles. The monoisotopic (exact) mass is 308 g/mol. The van der Waals surface area contributed by atoms with Crippen molar-refractivity contribution in [3.8, 4) is 0 Å². The summed E-state index contributed by atoms with van der Waals surface area (Å²) in [6.07, 6.45) is -5.58. The van der Waals surface area contributed by atoms with Gasteiger partial charge in [0.05, 0.1) is 18.3 Å². The zero-order valence-corrected chi connectivity index (χ0v) is 10.0. The first-order valence-corrected chi connectivity index (χ1v) is 5.53.